The zero-order valence-electron chi connectivity index (χ0n) is 17.0. The van der Waals surface area contributed by atoms with E-state index in [2.05, 4.69) is 5.32 Å². The molecule has 1 heterocycles. The van der Waals surface area contributed by atoms with Gasteiger partial charge in [0.1, 0.15) is 11.8 Å². The van der Waals surface area contributed by atoms with Gasteiger partial charge in [-0.1, -0.05) is 6.07 Å². The molecular formula is C20H24N4O6S. The number of carbonyl (C=O) groups excluding carboxylic acids is 2. The molecule has 31 heavy (non-hydrogen) atoms. The second kappa shape index (κ2) is 9.02. The number of hydroxylamine groups is 1. The van der Waals surface area contributed by atoms with E-state index < -0.39 is 28.0 Å². The molecule has 1 aliphatic heterocycles. The third-order valence-electron chi connectivity index (χ3n) is 5.05. The van der Waals surface area contributed by atoms with Crippen molar-refractivity contribution in [3.05, 3.63) is 53.6 Å². The number of nitrogens with two attached hydrogens (primary N) is 1. The molecule has 11 heteroatoms. The van der Waals surface area contributed by atoms with Crippen molar-refractivity contribution in [2.45, 2.75) is 36.9 Å². The zero-order chi connectivity index (χ0) is 22.8. The molecule has 2 amide bonds. The normalized spacial score (nSPS) is 17.4. The van der Waals surface area contributed by atoms with Crippen LogP contribution in [-0.2, 0) is 32.6 Å². The monoisotopic (exact) mass is 448 g/mol. The molecule has 10 nitrogen and oxygen atoms in total. The maximum atomic E-state index is 13.3. The van der Waals surface area contributed by atoms with Crippen molar-refractivity contribution in [3.63, 3.8) is 0 Å². The number of methoxy groups -OCH3 is 1. The van der Waals surface area contributed by atoms with Crippen molar-refractivity contribution < 1.29 is 28.0 Å². The van der Waals surface area contributed by atoms with E-state index in [9.17, 15) is 18.0 Å². The van der Waals surface area contributed by atoms with Gasteiger partial charge >= 0.3 is 0 Å². The average molecular weight is 449 g/mol. The fourth-order valence-electron chi connectivity index (χ4n) is 3.33. The van der Waals surface area contributed by atoms with E-state index in [0.717, 1.165) is 9.87 Å². The molecule has 1 aliphatic rings. The molecule has 0 aromatic heterocycles. The Morgan fingerprint density at radius 3 is 2.45 bits per heavy atom. The molecular weight excluding hydrogens is 424 g/mol. The molecule has 0 spiro atoms. The van der Waals surface area contributed by atoms with Crippen molar-refractivity contribution in [1.29, 1.82) is 0 Å². The number of ether oxygens (including phenoxy) is 1. The summed E-state index contributed by atoms with van der Waals surface area (Å²) in [5.41, 5.74) is 8.95. The van der Waals surface area contributed by atoms with Crippen LogP contribution < -0.4 is 21.3 Å². The van der Waals surface area contributed by atoms with Crippen molar-refractivity contribution in [2.75, 3.05) is 12.4 Å². The van der Waals surface area contributed by atoms with E-state index in [1.54, 1.807) is 30.6 Å². The van der Waals surface area contributed by atoms with Gasteiger partial charge < -0.3 is 15.8 Å². The third kappa shape index (κ3) is 4.69. The van der Waals surface area contributed by atoms with E-state index in [0.29, 0.717) is 17.0 Å². The van der Waals surface area contributed by atoms with Gasteiger partial charge in [-0.2, -0.15) is 4.31 Å². The molecule has 0 unspecified atom stereocenters. The lowest BCUT2D eigenvalue weighted by molar-refractivity contribution is -0.133. The summed E-state index contributed by atoms with van der Waals surface area (Å²) in [5.74, 6) is -0.727. The molecule has 0 saturated heterocycles. The Bertz CT molecular complexity index is 1090. The number of benzene rings is 2. The summed E-state index contributed by atoms with van der Waals surface area (Å²) in [6, 6.07) is 8.95. The molecule has 2 atom stereocenters. The van der Waals surface area contributed by atoms with E-state index in [4.69, 9.17) is 15.7 Å². The topological polar surface area (TPSA) is 151 Å². The molecule has 2 aromatic carbocycles. The van der Waals surface area contributed by atoms with Crippen molar-refractivity contribution in [1.82, 2.24) is 9.79 Å². The number of fused-ring (bicyclic) bond motifs is 1. The highest BCUT2D eigenvalue weighted by Crippen LogP contribution is 2.31. The summed E-state index contributed by atoms with van der Waals surface area (Å²) in [7, 11) is -2.62. The molecule has 166 valence electrons. The molecule has 3 rings (SSSR count). The number of nitrogens with one attached hydrogen (secondary N) is 2. The minimum atomic E-state index is -4.08. The van der Waals surface area contributed by atoms with Gasteiger partial charge in [0, 0.05) is 12.2 Å². The summed E-state index contributed by atoms with van der Waals surface area (Å²) >= 11 is 0. The van der Waals surface area contributed by atoms with Gasteiger partial charge in [0.2, 0.25) is 15.9 Å². The molecule has 0 saturated carbocycles. The lowest BCUT2D eigenvalue weighted by Gasteiger charge is -2.34. The number of sulfonamides is 1. The van der Waals surface area contributed by atoms with Gasteiger partial charge in [0.15, 0.2) is 0 Å². The lowest BCUT2D eigenvalue weighted by atomic mass is 9.95. The van der Waals surface area contributed by atoms with Crippen LogP contribution in [0.5, 0.6) is 5.75 Å². The number of nitrogens with zero attached hydrogens (tertiary/aromatic N) is 1. The lowest BCUT2D eigenvalue weighted by Crippen LogP contribution is -2.51. The number of rotatable bonds is 6. The van der Waals surface area contributed by atoms with Gasteiger partial charge in [-0.3, -0.25) is 14.8 Å². The van der Waals surface area contributed by atoms with Gasteiger partial charge in [-0.25, -0.2) is 13.9 Å². The first-order valence-corrected chi connectivity index (χ1v) is 10.9. The fourth-order valence-corrected chi connectivity index (χ4v) is 4.89. The summed E-state index contributed by atoms with van der Waals surface area (Å²) in [5, 5.41) is 11.8. The fraction of sp³-hybridized carbons (Fsp3) is 0.300. The highest BCUT2D eigenvalue weighted by molar-refractivity contribution is 7.89. The Hall–Kier alpha value is -2.99. The summed E-state index contributed by atoms with van der Waals surface area (Å²) in [6.45, 7) is 1.43. The average Bonchev–Trinajstić information content (AvgIpc) is 2.77. The largest absolute Gasteiger partial charge is 0.497 e. The number of carbonyl (C=O) groups is 2. The van der Waals surface area contributed by atoms with Gasteiger partial charge in [0.05, 0.1) is 18.0 Å². The van der Waals surface area contributed by atoms with Crippen LogP contribution in [0.2, 0.25) is 0 Å². The summed E-state index contributed by atoms with van der Waals surface area (Å²) < 4.78 is 32.7. The standard InChI is InChI=1S/C20H24N4O6S/c1-12(21)19(25)22-15-4-3-13-10-18(20(26)23-27)24(11-14(13)9-15)31(28,29)17-7-5-16(30-2)6-8-17/h3-9,12,18,27H,10-11,21H2,1-2H3,(H,22,25)(H,23,26)/t12-,18-/m0/s1. The SMILES string of the molecule is COc1ccc(S(=O)(=O)N2Cc3cc(NC(=O)[C@H](C)N)ccc3C[C@H]2C(=O)NO)cc1. The number of amides is 2. The Balaban J connectivity index is 1.99. The van der Waals surface area contributed by atoms with Crippen LogP contribution >= 0.6 is 0 Å². The maximum absolute atomic E-state index is 13.3. The molecule has 0 bridgehead atoms. The van der Waals surface area contributed by atoms with Gasteiger partial charge in [0.25, 0.3) is 5.91 Å². The predicted molar refractivity (Wildman–Crippen MR) is 112 cm³/mol. The number of hydrogen-bond donors (Lipinski definition) is 4. The molecule has 2 aromatic rings. The van der Waals surface area contributed by atoms with Crippen LogP contribution in [-0.4, -0.2) is 48.9 Å². The molecule has 0 radical (unpaired) electrons. The predicted octanol–water partition coefficient (Wildman–Crippen LogP) is 0.602. The zero-order valence-corrected chi connectivity index (χ0v) is 17.8. The first-order chi connectivity index (χ1) is 14.7. The van der Waals surface area contributed by atoms with Crippen LogP contribution in [0.25, 0.3) is 0 Å². The summed E-state index contributed by atoms with van der Waals surface area (Å²) in [6.07, 6.45) is 0.0542. The smallest absolute Gasteiger partial charge is 0.262 e. The quantitative estimate of drug-likeness (QED) is 0.373. The number of hydrogen-bond acceptors (Lipinski definition) is 7. The second-order valence-corrected chi connectivity index (χ2v) is 9.07. The maximum Gasteiger partial charge on any atom is 0.262 e. The Morgan fingerprint density at radius 1 is 1.19 bits per heavy atom. The van der Waals surface area contributed by atoms with Crippen molar-refractivity contribution in [3.8, 4) is 5.75 Å². The minimum absolute atomic E-state index is 0.0195. The van der Waals surface area contributed by atoms with Crippen molar-refractivity contribution in [2.24, 2.45) is 5.73 Å². The minimum Gasteiger partial charge on any atom is -0.497 e. The molecule has 5 N–H and O–H groups in total. The first kappa shape index (κ1) is 22.7. The second-order valence-electron chi connectivity index (χ2n) is 7.18. The number of anilines is 1. The Labute approximate surface area is 180 Å². The van der Waals surface area contributed by atoms with Crippen molar-refractivity contribution >= 4 is 27.5 Å². The van der Waals surface area contributed by atoms with Crippen LogP contribution in [0.15, 0.2) is 47.4 Å². The van der Waals surface area contributed by atoms with E-state index in [1.807, 2.05) is 0 Å². The van der Waals surface area contributed by atoms with E-state index in [-0.39, 0.29) is 23.8 Å². The van der Waals surface area contributed by atoms with E-state index in [1.165, 1.54) is 31.4 Å². The summed E-state index contributed by atoms with van der Waals surface area (Å²) in [4.78, 5) is 24.2. The third-order valence-corrected chi connectivity index (χ3v) is 6.92. The molecule has 0 fully saturated rings. The highest BCUT2D eigenvalue weighted by Gasteiger charge is 2.39. The highest BCUT2D eigenvalue weighted by atomic mass is 32.2. The van der Waals surface area contributed by atoms with Crippen LogP contribution in [0.1, 0.15) is 18.1 Å². The van der Waals surface area contributed by atoms with Gasteiger partial charge in [-0.15, -0.1) is 0 Å². The Morgan fingerprint density at radius 2 is 1.87 bits per heavy atom. The van der Waals surface area contributed by atoms with Crippen LogP contribution in [0.3, 0.4) is 0 Å². The van der Waals surface area contributed by atoms with Crippen LogP contribution in [0, 0.1) is 0 Å². The Kier molecular flexibility index (Phi) is 6.60. The van der Waals surface area contributed by atoms with Gasteiger partial charge in [-0.05, 0) is 60.9 Å². The van der Waals surface area contributed by atoms with Crippen LogP contribution in [0.4, 0.5) is 5.69 Å². The molecule has 0 aliphatic carbocycles. The van der Waals surface area contributed by atoms with E-state index >= 15 is 0 Å². The first-order valence-electron chi connectivity index (χ1n) is 9.45.